The molecule has 1 N–H and O–H groups in total. The van der Waals surface area contributed by atoms with Gasteiger partial charge in [-0.2, -0.15) is 0 Å². The standard InChI is InChI=1S/C24H17Br2N3O4S/c1-3-33-23(32)17-11(2)27-24-29(19(17)12-4-6-13(25)7-5-12)22(31)20(34-24)18-15-10-14(26)8-9-16(15)28-21(18)30/h4-10,19H,3H2,1-2H3,(H,28,30). The molecular weight excluding hydrogens is 586 g/mol. The van der Waals surface area contributed by atoms with Crippen molar-refractivity contribution in [3.8, 4) is 0 Å². The number of hydrogen-bond acceptors (Lipinski definition) is 6. The molecular formula is C24H17Br2N3O4S. The quantitative estimate of drug-likeness (QED) is 0.464. The molecule has 5 rings (SSSR count). The van der Waals surface area contributed by atoms with E-state index in [0.29, 0.717) is 32.9 Å². The molecule has 0 spiro atoms. The zero-order valence-electron chi connectivity index (χ0n) is 18.0. The number of allylic oxidation sites excluding steroid dienone is 1. The molecule has 2 aromatic carbocycles. The van der Waals surface area contributed by atoms with E-state index in [4.69, 9.17) is 4.74 Å². The number of benzene rings is 2. The third kappa shape index (κ3) is 3.70. The number of halogens is 2. The molecule has 0 bridgehead atoms. The number of ether oxygens (including phenoxy) is 1. The second-order valence-corrected chi connectivity index (χ2v) is 10.5. The lowest BCUT2D eigenvalue weighted by atomic mass is 9.96. The van der Waals surface area contributed by atoms with E-state index in [-0.39, 0.29) is 22.6 Å². The molecule has 1 aromatic heterocycles. The maximum Gasteiger partial charge on any atom is 0.338 e. The summed E-state index contributed by atoms with van der Waals surface area (Å²) in [6, 6.07) is 12.1. The van der Waals surface area contributed by atoms with E-state index in [1.54, 1.807) is 19.9 Å². The van der Waals surface area contributed by atoms with E-state index in [2.05, 4.69) is 42.2 Å². The Morgan fingerprint density at radius 3 is 2.56 bits per heavy atom. The molecule has 7 nitrogen and oxygen atoms in total. The van der Waals surface area contributed by atoms with Gasteiger partial charge in [-0.3, -0.25) is 14.2 Å². The summed E-state index contributed by atoms with van der Waals surface area (Å²) in [6.07, 6.45) is 0. The molecule has 3 aromatic rings. The van der Waals surface area contributed by atoms with Crippen LogP contribution >= 0.6 is 43.2 Å². The highest BCUT2D eigenvalue weighted by atomic mass is 79.9. The van der Waals surface area contributed by atoms with Crippen molar-refractivity contribution in [3.05, 3.63) is 93.5 Å². The van der Waals surface area contributed by atoms with Gasteiger partial charge in [0.25, 0.3) is 11.5 Å². The number of aromatic nitrogens is 1. The summed E-state index contributed by atoms with van der Waals surface area (Å²) in [5, 5.41) is 2.82. The van der Waals surface area contributed by atoms with Crippen LogP contribution in [-0.2, 0) is 14.3 Å². The maximum atomic E-state index is 13.8. The zero-order valence-corrected chi connectivity index (χ0v) is 22.0. The minimum Gasteiger partial charge on any atom is -0.463 e. The van der Waals surface area contributed by atoms with Crippen LogP contribution in [0, 0.1) is 0 Å². The number of thiazole rings is 1. The summed E-state index contributed by atoms with van der Waals surface area (Å²) in [7, 11) is 0. The van der Waals surface area contributed by atoms with Crippen LogP contribution in [0.25, 0.3) is 5.57 Å². The highest BCUT2D eigenvalue weighted by Gasteiger charge is 2.35. The molecule has 0 fully saturated rings. The van der Waals surface area contributed by atoms with Crippen molar-refractivity contribution in [2.45, 2.75) is 19.9 Å². The van der Waals surface area contributed by atoms with E-state index in [0.717, 1.165) is 25.8 Å². The van der Waals surface area contributed by atoms with Crippen LogP contribution in [0.15, 0.2) is 72.5 Å². The highest BCUT2D eigenvalue weighted by Crippen LogP contribution is 2.34. The number of carbonyl (C=O) groups excluding carboxylic acids is 2. The van der Waals surface area contributed by atoms with Gasteiger partial charge in [0.2, 0.25) is 0 Å². The first-order chi connectivity index (χ1) is 16.3. The van der Waals surface area contributed by atoms with E-state index in [9.17, 15) is 14.4 Å². The molecule has 1 atom stereocenters. The number of hydrogen-bond donors (Lipinski definition) is 1. The number of anilines is 1. The van der Waals surface area contributed by atoms with Crippen LogP contribution in [0.1, 0.15) is 31.0 Å². The number of rotatable bonds is 3. The predicted molar refractivity (Wildman–Crippen MR) is 136 cm³/mol. The topological polar surface area (TPSA) is 89.8 Å². The van der Waals surface area contributed by atoms with E-state index < -0.39 is 12.0 Å². The molecule has 2 aliphatic heterocycles. The van der Waals surface area contributed by atoms with Crippen LogP contribution in [-0.4, -0.2) is 23.1 Å². The molecule has 3 heterocycles. The van der Waals surface area contributed by atoms with Crippen LogP contribution in [0.3, 0.4) is 0 Å². The average Bonchev–Trinajstić information content (AvgIpc) is 3.28. The van der Waals surface area contributed by atoms with E-state index >= 15 is 0 Å². The lowest BCUT2D eigenvalue weighted by Gasteiger charge is -2.24. The van der Waals surface area contributed by atoms with Gasteiger partial charge in [-0.05, 0) is 49.7 Å². The number of nitrogens with zero attached hydrogens (tertiary/aromatic N) is 2. The smallest absolute Gasteiger partial charge is 0.338 e. The summed E-state index contributed by atoms with van der Waals surface area (Å²) in [5.74, 6) is -0.873. The van der Waals surface area contributed by atoms with E-state index in [1.165, 1.54) is 4.57 Å². The Balaban J connectivity index is 1.82. The van der Waals surface area contributed by atoms with Gasteiger partial charge in [0.05, 0.1) is 29.5 Å². The maximum absolute atomic E-state index is 13.8. The minimum absolute atomic E-state index is 0.197. The molecule has 0 saturated carbocycles. The molecule has 1 amide bonds. The first-order valence-electron chi connectivity index (χ1n) is 10.4. The van der Waals surface area contributed by atoms with Gasteiger partial charge >= 0.3 is 5.97 Å². The summed E-state index contributed by atoms with van der Waals surface area (Å²) in [5.41, 5.74) is 2.71. The van der Waals surface area contributed by atoms with Gasteiger partial charge in [-0.15, -0.1) is 0 Å². The van der Waals surface area contributed by atoms with Crippen molar-refractivity contribution >= 4 is 66.3 Å². The molecule has 0 aliphatic carbocycles. The summed E-state index contributed by atoms with van der Waals surface area (Å²) in [4.78, 5) is 44.7. The van der Waals surface area contributed by atoms with Gasteiger partial charge in [-0.25, -0.2) is 9.79 Å². The Hall–Kier alpha value is -2.82. The summed E-state index contributed by atoms with van der Waals surface area (Å²) >= 11 is 8.01. The number of nitrogens with one attached hydrogen (secondary N) is 1. The van der Waals surface area contributed by atoms with Gasteiger partial charge in [0.15, 0.2) is 4.80 Å². The third-order valence-electron chi connectivity index (χ3n) is 5.63. The van der Waals surface area contributed by atoms with Crippen molar-refractivity contribution < 1.29 is 14.3 Å². The van der Waals surface area contributed by atoms with E-state index in [1.807, 2.05) is 36.4 Å². The monoisotopic (exact) mass is 601 g/mol. The van der Waals surface area contributed by atoms with Gasteiger partial charge in [-0.1, -0.05) is 55.3 Å². The first-order valence-corrected chi connectivity index (χ1v) is 12.8. The fraction of sp³-hybridized carbons (Fsp3) is 0.167. The summed E-state index contributed by atoms with van der Waals surface area (Å²) in [6.45, 7) is 3.66. The van der Waals surface area contributed by atoms with Crippen molar-refractivity contribution in [2.24, 2.45) is 4.99 Å². The van der Waals surface area contributed by atoms with Crippen molar-refractivity contribution in [1.82, 2.24) is 4.57 Å². The Kier molecular flexibility index (Phi) is 5.91. The van der Waals surface area contributed by atoms with Gasteiger partial charge < -0.3 is 10.1 Å². The molecule has 10 heteroatoms. The second-order valence-electron chi connectivity index (χ2n) is 7.69. The zero-order chi connectivity index (χ0) is 24.1. The Morgan fingerprint density at radius 1 is 1.15 bits per heavy atom. The Morgan fingerprint density at radius 2 is 1.85 bits per heavy atom. The fourth-order valence-electron chi connectivity index (χ4n) is 4.17. The van der Waals surface area contributed by atoms with Crippen LogP contribution in [0.2, 0.25) is 0 Å². The minimum atomic E-state index is -0.732. The normalized spacial score (nSPS) is 18.2. The van der Waals surface area contributed by atoms with Crippen molar-refractivity contribution in [2.75, 3.05) is 11.9 Å². The van der Waals surface area contributed by atoms with Crippen LogP contribution < -0.4 is 20.2 Å². The van der Waals surface area contributed by atoms with Crippen molar-refractivity contribution in [1.29, 1.82) is 0 Å². The molecule has 2 aliphatic rings. The Bertz CT molecular complexity index is 1590. The molecule has 0 radical (unpaired) electrons. The molecule has 0 saturated heterocycles. The molecule has 34 heavy (non-hydrogen) atoms. The lowest BCUT2D eigenvalue weighted by Crippen LogP contribution is -2.40. The largest absolute Gasteiger partial charge is 0.463 e. The summed E-state index contributed by atoms with van der Waals surface area (Å²) < 4.78 is 8.73. The predicted octanol–water partition coefficient (Wildman–Crippen LogP) is 3.65. The van der Waals surface area contributed by atoms with Crippen molar-refractivity contribution in [3.63, 3.8) is 0 Å². The first kappa shape index (κ1) is 22.9. The Labute approximate surface area is 214 Å². The number of fused-ring (bicyclic) bond motifs is 2. The number of carbonyl (C=O) groups is 2. The number of esters is 1. The highest BCUT2D eigenvalue weighted by molar-refractivity contribution is 9.10. The lowest BCUT2D eigenvalue weighted by molar-refractivity contribution is -0.139. The van der Waals surface area contributed by atoms with Crippen LogP contribution in [0.5, 0.6) is 0 Å². The number of amides is 1. The SMILES string of the molecule is CCOC(=O)C1=C(C)N=c2sc(=C3C(=O)Nc4ccc(Br)cc43)c(=O)n2C1c1ccc(Br)cc1. The average molecular weight is 603 g/mol. The van der Waals surface area contributed by atoms with Crippen LogP contribution in [0.4, 0.5) is 5.69 Å². The third-order valence-corrected chi connectivity index (χ3v) is 7.71. The van der Waals surface area contributed by atoms with Gasteiger partial charge in [0, 0.05) is 20.2 Å². The second kappa shape index (κ2) is 8.75. The molecule has 1 unspecified atom stereocenters. The van der Waals surface area contributed by atoms with Gasteiger partial charge in [0.1, 0.15) is 4.53 Å². The fourth-order valence-corrected chi connectivity index (χ4v) is 5.93. The molecule has 172 valence electrons.